The first-order valence-electron chi connectivity index (χ1n) is 4.53. The van der Waals surface area contributed by atoms with Crippen LogP contribution >= 0.6 is 23.2 Å². The molecule has 0 unspecified atom stereocenters. The van der Waals surface area contributed by atoms with Gasteiger partial charge < -0.3 is 0 Å². The van der Waals surface area contributed by atoms with Crippen LogP contribution in [0.3, 0.4) is 0 Å². The zero-order valence-corrected chi connectivity index (χ0v) is 9.85. The molecular weight excluding hydrogens is 250 g/mol. The summed E-state index contributed by atoms with van der Waals surface area (Å²) >= 11 is 11.6. The minimum Gasteiger partial charge on any atom is -0.207 e. The normalized spacial score (nSPS) is 10.5. The van der Waals surface area contributed by atoms with E-state index >= 15 is 0 Å². The second-order valence-electron chi connectivity index (χ2n) is 3.34. The first-order valence-corrected chi connectivity index (χ1v) is 5.29. The molecule has 0 N–H and O–H groups in total. The molecule has 0 saturated heterocycles. The average Bonchev–Trinajstić information content (AvgIpc) is 2.26. The summed E-state index contributed by atoms with van der Waals surface area (Å²) in [5, 5.41) is 7.81. The van der Waals surface area contributed by atoms with E-state index in [9.17, 15) is 4.39 Å². The zero-order chi connectivity index (χ0) is 11.7. The van der Waals surface area contributed by atoms with Gasteiger partial charge >= 0.3 is 0 Å². The molecule has 0 amide bonds. The van der Waals surface area contributed by atoms with Crippen molar-refractivity contribution in [2.24, 2.45) is 0 Å². The molecule has 1 aromatic carbocycles. The zero-order valence-electron chi connectivity index (χ0n) is 8.34. The highest BCUT2D eigenvalue weighted by Gasteiger charge is 2.08. The van der Waals surface area contributed by atoms with Crippen LogP contribution < -0.4 is 0 Å². The van der Waals surface area contributed by atoms with E-state index in [-0.39, 0.29) is 16.1 Å². The number of aryl methyl sites for hydroxylation is 1. The SMILES string of the molecule is Cc1cc(-c2cc(Cl)nnc2Cl)ccc1F. The van der Waals surface area contributed by atoms with Gasteiger partial charge in [0.15, 0.2) is 10.3 Å². The monoisotopic (exact) mass is 256 g/mol. The van der Waals surface area contributed by atoms with E-state index in [1.807, 2.05) is 0 Å². The Labute approximate surface area is 102 Å². The molecule has 0 radical (unpaired) electrons. The number of aromatic nitrogens is 2. The Kier molecular flexibility index (Phi) is 3.08. The summed E-state index contributed by atoms with van der Waals surface area (Å²) in [6.07, 6.45) is 0. The Bertz CT molecular complexity index is 544. The first-order chi connectivity index (χ1) is 7.58. The standard InChI is InChI=1S/C11H7Cl2FN2/c1-6-4-7(2-3-9(6)14)8-5-10(12)15-16-11(8)13/h2-5H,1H3. The second kappa shape index (κ2) is 4.36. The first kappa shape index (κ1) is 11.3. The number of benzene rings is 1. The van der Waals surface area contributed by atoms with Crippen LogP contribution in [0.15, 0.2) is 24.3 Å². The van der Waals surface area contributed by atoms with E-state index in [0.29, 0.717) is 11.1 Å². The van der Waals surface area contributed by atoms with Crippen molar-refractivity contribution in [1.82, 2.24) is 10.2 Å². The molecule has 0 fully saturated rings. The maximum Gasteiger partial charge on any atom is 0.159 e. The Morgan fingerprint density at radius 2 is 1.88 bits per heavy atom. The number of hydrogen-bond donors (Lipinski definition) is 0. The largest absolute Gasteiger partial charge is 0.207 e. The van der Waals surface area contributed by atoms with Crippen LogP contribution in [-0.2, 0) is 0 Å². The van der Waals surface area contributed by atoms with Crippen molar-refractivity contribution >= 4 is 23.2 Å². The van der Waals surface area contributed by atoms with Gasteiger partial charge in [0.2, 0.25) is 0 Å². The van der Waals surface area contributed by atoms with Gasteiger partial charge in [-0.3, -0.25) is 0 Å². The van der Waals surface area contributed by atoms with E-state index in [4.69, 9.17) is 23.2 Å². The van der Waals surface area contributed by atoms with Gasteiger partial charge in [0.25, 0.3) is 0 Å². The minimum absolute atomic E-state index is 0.246. The molecule has 1 aromatic heterocycles. The molecule has 0 saturated carbocycles. The van der Waals surface area contributed by atoms with E-state index in [0.717, 1.165) is 5.56 Å². The lowest BCUT2D eigenvalue weighted by Crippen LogP contribution is -1.89. The summed E-state index contributed by atoms with van der Waals surface area (Å²) in [7, 11) is 0. The molecule has 0 spiro atoms. The second-order valence-corrected chi connectivity index (χ2v) is 4.08. The van der Waals surface area contributed by atoms with Crippen LogP contribution in [0.25, 0.3) is 11.1 Å². The van der Waals surface area contributed by atoms with Crippen LogP contribution in [0, 0.1) is 12.7 Å². The van der Waals surface area contributed by atoms with Crippen molar-refractivity contribution in [2.75, 3.05) is 0 Å². The van der Waals surface area contributed by atoms with E-state index < -0.39 is 0 Å². The third kappa shape index (κ3) is 2.15. The number of halogens is 3. The van der Waals surface area contributed by atoms with Gasteiger partial charge in [0.1, 0.15) is 5.82 Å². The molecular formula is C11H7Cl2FN2. The van der Waals surface area contributed by atoms with E-state index in [1.165, 1.54) is 6.07 Å². The molecule has 1 heterocycles. The minimum atomic E-state index is -0.256. The summed E-state index contributed by atoms with van der Waals surface area (Å²) < 4.78 is 13.1. The summed E-state index contributed by atoms with van der Waals surface area (Å²) in [6.45, 7) is 1.68. The molecule has 16 heavy (non-hydrogen) atoms. The van der Waals surface area contributed by atoms with Gasteiger partial charge in [-0.2, -0.15) is 0 Å². The van der Waals surface area contributed by atoms with Crippen molar-refractivity contribution < 1.29 is 4.39 Å². The molecule has 82 valence electrons. The average molecular weight is 257 g/mol. The van der Waals surface area contributed by atoms with Crippen molar-refractivity contribution in [3.8, 4) is 11.1 Å². The molecule has 2 nitrogen and oxygen atoms in total. The van der Waals surface area contributed by atoms with Crippen LogP contribution in [0.2, 0.25) is 10.3 Å². The Hall–Kier alpha value is -1.19. The van der Waals surface area contributed by atoms with Crippen molar-refractivity contribution in [1.29, 1.82) is 0 Å². The summed E-state index contributed by atoms with van der Waals surface area (Å²) in [6, 6.07) is 6.30. The van der Waals surface area contributed by atoms with Gasteiger partial charge in [-0.1, -0.05) is 29.3 Å². The van der Waals surface area contributed by atoms with Crippen LogP contribution in [0.4, 0.5) is 4.39 Å². The molecule has 2 aromatic rings. The molecule has 5 heteroatoms. The third-order valence-electron chi connectivity index (χ3n) is 2.19. The fourth-order valence-electron chi connectivity index (χ4n) is 1.37. The Morgan fingerprint density at radius 1 is 1.12 bits per heavy atom. The number of nitrogens with zero attached hydrogens (tertiary/aromatic N) is 2. The van der Waals surface area contributed by atoms with Crippen LogP contribution in [0.5, 0.6) is 0 Å². The van der Waals surface area contributed by atoms with Gasteiger partial charge in [-0.05, 0) is 36.2 Å². The summed E-state index contributed by atoms with van der Waals surface area (Å²) in [5.41, 5.74) is 1.95. The summed E-state index contributed by atoms with van der Waals surface area (Å²) in [4.78, 5) is 0. The Balaban J connectivity index is 2.58. The van der Waals surface area contributed by atoms with Gasteiger partial charge in [-0.25, -0.2) is 4.39 Å². The van der Waals surface area contributed by atoms with E-state index in [2.05, 4.69) is 10.2 Å². The number of hydrogen-bond acceptors (Lipinski definition) is 2. The highest BCUT2D eigenvalue weighted by Crippen LogP contribution is 2.28. The molecule has 0 bridgehead atoms. The van der Waals surface area contributed by atoms with Crippen LogP contribution in [-0.4, -0.2) is 10.2 Å². The smallest absolute Gasteiger partial charge is 0.159 e. The van der Waals surface area contributed by atoms with Gasteiger partial charge in [-0.15, -0.1) is 10.2 Å². The lowest BCUT2D eigenvalue weighted by Gasteiger charge is -2.05. The van der Waals surface area contributed by atoms with Crippen molar-refractivity contribution in [3.05, 3.63) is 46.0 Å². The van der Waals surface area contributed by atoms with Crippen molar-refractivity contribution in [2.45, 2.75) is 6.92 Å². The van der Waals surface area contributed by atoms with Crippen molar-refractivity contribution in [3.63, 3.8) is 0 Å². The third-order valence-corrected chi connectivity index (χ3v) is 2.65. The maximum absolute atomic E-state index is 13.1. The highest BCUT2D eigenvalue weighted by atomic mass is 35.5. The topological polar surface area (TPSA) is 25.8 Å². The fourth-order valence-corrected chi connectivity index (χ4v) is 1.72. The van der Waals surface area contributed by atoms with Crippen LogP contribution in [0.1, 0.15) is 5.56 Å². The maximum atomic E-state index is 13.1. The Morgan fingerprint density at radius 3 is 2.56 bits per heavy atom. The molecule has 0 aliphatic rings. The highest BCUT2D eigenvalue weighted by molar-refractivity contribution is 6.33. The molecule has 0 aliphatic heterocycles. The van der Waals surface area contributed by atoms with Gasteiger partial charge in [0, 0.05) is 5.56 Å². The predicted octanol–water partition coefficient (Wildman–Crippen LogP) is 3.90. The fraction of sp³-hybridized carbons (Fsp3) is 0.0909. The molecule has 0 aliphatic carbocycles. The quantitative estimate of drug-likeness (QED) is 0.774. The predicted molar refractivity (Wildman–Crippen MR) is 62.2 cm³/mol. The lowest BCUT2D eigenvalue weighted by molar-refractivity contribution is 0.619. The van der Waals surface area contributed by atoms with Gasteiger partial charge in [0.05, 0.1) is 0 Å². The van der Waals surface area contributed by atoms with E-state index in [1.54, 1.807) is 25.1 Å². The molecule has 0 atom stereocenters. The molecule has 2 rings (SSSR count). The summed E-state index contributed by atoms with van der Waals surface area (Å²) in [5.74, 6) is -0.256. The lowest BCUT2D eigenvalue weighted by atomic mass is 10.1. The number of rotatable bonds is 1.